The molecule has 1 aliphatic rings. The van der Waals surface area contributed by atoms with Gasteiger partial charge in [0.15, 0.2) is 0 Å². The number of ether oxygens (including phenoxy) is 1. The minimum atomic E-state index is 0.463. The molecule has 3 atom stereocenters. The molecule has 0 bridgehead atoms. The quantitative estimate of drug-likeness (QED) is 0.714. The minimum absolute atomic E-state index is 0.463. The zero-order valence-corrected chi connectivity index (χ0v) is 12.2. The van der Waals surface area contributed by atoms with Gasteiger partial charge in [-0.2, -0.15) is 12.6 Å². The van der Waals surface area contributed by atoms with E-state index >= 15 is 0 Å². The number of hydrogen-bond donors (Lipinski definition) is 1. The van der Waals surface area contributed by atoms with Gasteiger partial charge < -0.3 is 4.74 Å². The average Bonchev–Trinajstić information content (AvgIpc) is 2.16. The first kappa shape index (κ1) is 14.4. The Hall–Kier alpha value is 0.310. The Kier molecular flexibility index (Phi) is 5.66. The molecule has 0 aromatic rings. The largest absolute Gasteiger partial charge is 0.378 e. The van der Waals surface area contributed by atoms with Crippen molar-refractivity contribution in [1.82, 2.24) is 0 Å². The maximum atomic E-state index is 6.08. The van der Waals surface area contributed by atoms with Crippen LogP contribution in [0.25, 0.3) is 0 Å². The molecule has 1 rings (SSSR count). The summed E-state index contributed by atoms with van der Waals surface area (Å²) in [6, 6.07) is 0. The van der Waals surface area contributed by atoms with E-state index in [1.165, 1.54) is 25.7 Å². The molecule has 0 amide bonds. The highest BCUT2D eigenvalue weighted by atomic mass is 32.1. The molecule has 0 spiro atoms. The number of rotatable bonds is 5. The van der Waals surface area contributed by atoms with Crippen LogP contribution in [0.5, 0.6) is 0 Å². The minimum Gasteiger partial charge on any atom is -0.378 e. The smallest absolute Gasteiger partial charge is 0.0582 e. The fraction of sp³-hybridized carbons (Fsp3) is 1.00. The van der Waals surface area contributed by atoms with Crippen molar-refractivity contribution in [3.05, 3.63) is 0 Å². The van der Waals surface area contributed by atoms with E-state index in [1.54, 1.807) is 0 Å². The Labute approximate surface area is 107 Å². The van der Waals surface area contributed by atoms with Crippen LogP contribution in [-0.4, -0.2) is 18.5 Å². The van der Waals surface area contributed by atoms with Gasteiger partial charge in [0.25, 0.3) is 0 Å². The predicted molar refractivity (Wildman–Crippen MR) is 74.2 cm³/mol. The van der Waals surface area contributed by atoms with E-state index in [-0.39, 0.29) is 0 Å². The zero-order valence-electron chi connectivity index (χ0n) is 11.3. The van der Waals surface area contributed by atoms with Crippen molar-refractivity contribution < 1.29 is 4.74 Å². The second-order valence-electron chi connectivity index (χ2n) is 6.33. The Morgan fingerprint density at radius 3 is 2.56 bits per heavy atom. The van der Waals surface area contributed by atoms with Crippen LogP contribution < -0.4 is 0 Å². The summed E-state index contributed by atoms with van der Waals surface area (Å²) in [5, 5.41) is 0. The van der Waals surface area contributed by atoms with Crippen molar-refractivity contribution >= 4 is 12.6 Å². The predicted octanol–water partition coefficient (Wildman–Crippen LogP) is 4.17. The van der Waals surface area contributed by atoms with E-state index in [2.05, 4.69) is 40.3 Å². The molecular weight excluding hydrogens is 216 g/mol. The Morgan fingerprint density at radius 2 is 2.06 bits per heavy atom. The van der Waals surface area contributed by atoms with Crippen molar-refractivity contribution in [2.45, 2.75) is 59.5 Å². The molecule has 0 aromatic carbocycles. The topological polar surface area (TPSA) is 9.23 Å². The first-order chi connectivity index (χ1) is 7.46. The molecule has 0 aliphatic heterocycles. The van der Waals surface area contributed by atoms with Crippen molar-refractivity contribution in [1.29, 1.82) is 0 Å². The molecule has 0 aromatic heterocycles. The van der Waals surface area contributed by atoms with Gasteiger partial charge in [-0.3, -0.25) is 0 Å². The van der Waals surface area contributed by atoms with Crippen LogP contribution in [0.3, 0.4) is 0 Å². The van der Waals surface area contributed by atoms with Crippen LogP contribution in [0, 0.1) is 17.3 Å². The lowest BCUT2D eigenvalue weighted by Gasteiger charge is -2.39. The van der Waals surface area contributed by atoms with Gasteiger partial charge in [0.05, 0.1) is 12.7 Å². The molecule has 2 heteroatoms. The van der Waals surface area contributed by atoms with Gasteiger partial charge >= 0.3 is 0 Å². The summed E-state index contributed by atoms with van der Waals surface area (Å²) in [7, 11) is 0. The molecule has 0 radical (unpaired) electrons. The Balaban J connectivity index is 2.36. The molecule has 0 saturated heterocycles. The fourth-order valence-electron chi connectivity index (χ4n) is 2.96. The second kappa shape index (κ2) is 6.30. The van der Waals surface area contributed by atoms with Gasteiger partial charge in [0.1, 0.15) is 0 Å². The summed E-state index contributed by atoms with van der Waals surface area (Å²) in [4.78, 5) is 0. The van der Waals surface area contributed by atoms with Gasteiger partial charge in [-0.15, -0.1) is 0 Å². The number of hydrogen-bond acceptors (Lipinski definition) is 2. The van der Waals surface area contributed by atoms with Gasteiger partial charge in [0.2, 0.25) is 0 Å². The van der Waals surface area contributed by atoms with Crippen LogP contribution in [0.4, 0.5) is 0 Å². The summed E-state index contributed by atoms with van der Waals surface area (Å²) in [5.41, 5.74) is 0.463. The fourth-order valence-corrected chi connectivity index (χ4v) is 3.32. The van der Waals surface area contributed by atoms with Crippen molar-refractivity contribution in [2.75, 3.05) is 12.4 Å². The lowest BCUT2D eigenvalue weighted by molar-refractivity contribution is -0.0340. The first-order valence-electron chi connectivity index (χ1n) is 6.69. The third kappa shape index (κ3) is 4.67. The average molecular weight is 244 g/mol. The highest BCUT2D eigenvalue weighted by molar-refractivity contribution is 7.80. The first-order valence-corrected chi connectivity index (χ1v) is 7.32. The monoisotopic (exact) mass is 244 g/mol. The van der Waals surface area contributed by atoms with E-state index in [0.29, 0.717) is 17.4 Å². The van der Waals surface area contributed by atoms with E-state index < -0.39 is 0 Å². The number of thiol groups is 1. The van der Waals surface area contributed by atoms with Gasteiger partial charge in [0, 0.05) is 0 Å². The SMILES string of the molecule is CCC(CS)COC1CC(C)CC(C)(C)C1. The Morgan fingerprint density at radius 1 is 1.38 bits per heavy atom. The van der Waals surface area contributed by atoms with Gasteiger partial charge in [-0.25, -0.2) is 0 Å². The van der Waals surface area contributed by atoms with E-state index in [4.69, 9.17) is 4.74 Å². The Bertz CT molecular complexity index is 199. The van der Waals surface area contributed by atoms with Crippen LogP contribution in [0.2, 0.25) is 0 Å². The molecule has 1 nitrogen and oxygen atoms in total. The van der Waals surface area contributed by atoms with Crippen LogP contribution >= 0.6 is 12.6 Å². The molecule has 1 aliphatic carbocycles. The van der Waals surface area contributed by atoms with Crippen LogP contribution in [-0.2, 0) is 4.74 Å². The maximum Gasteiger partial charge on any atom is 0.0582 e. The summed E-state index contributed by atoms with van der Waals surface area (Å²) < 4.78 is 6.08. The highest BCUT2D eigenvalue weighted by Gasteiger charge is 2.32. The van der Waals surface area contributed by atoms with E-state index in [0.717, 1.165) is 18.3 Å². The van der Waals surface area contributed by atoms with E-state index in [9.17, 15) is 0 Å². The molecule has 0 N–H and O–H groups in total. The van der Waals surface area contributed by atoms with E-state index in [1.807, 2.05) is 0 Å². The van der Waals surface area contributed by atoms with Crippen LogP contribution in [0.15, 0.2) is 0 Å². The van der Waals surface area contributed by atoms with Gasteiger partial charge in [-0.05, 0) is 42.3 Å². The molecule has 16 heavy (non-hydrogen) atoms. The second-order valence-corrected chi connectivity index (χ2v) is 6.69. The van der Waals surface area contributed by atoms with Crippen molar-refractivity contribution in [2.24, 2.45) is 17.3 Å². The molecular formula is C14H28OS. The standard InChI is InChI=1S/C14H28OS/c1-5-12(10-16)9-15-13-6-11(2)7-14(3,4)8-13/h11-13,16H,5-10H2,1-4H3. The highest BCUT2D eigenvalue weighted by Crippen LogP contribution is 2.39. The summed E-state index contributed by atoms with van der Waals surface area (Å²) >= 11 is 4.37. The summed E-state index contributed by atoms with van der Waals surface area (Å²) in [6.07, 6.45) is 5.46. The lowest BCUT2D eigenvalue weighted by Crippen LogP contribution is -2.33. The molecule has 1 fully saturated rings. The maximum absolute atomic E-state index is 6.08. The molecule has 1 saturated carbocycles. The zero-order chi connectivity index (χ0) is 12.2. The normalized spacial score (nSPS) is 31.3. The molecule has 0 heterocycles. The lowest BCUT2D eigenvalue weighted by atomic mass is 9.71. The van der Waals surface area contributed by atoms with Gasteiger partial charge in [-0.1, -0.05) is 34.1 Å². The molecule has 96 valence electrons. The third-order valence-electron chi connectivity index (χ3n) is 3.75. The van der Waals surface area contributed by atoms with Crippen molar-refractivity contribution in [3.63, 3.8) is 0 Å². The van der Waals surface area contributed by atoms with Crippen molar-refractivity contribution in [3.8, 4) is 0 Å². The summed E-state index contributed by atoms with van der Waals surface area (Å²) in [5.74, 6) is 2.39. The molecule has 3 unspecified atom stereocenters. The third-order valence-corrected chi connectivity index (χ3v) is 4.27. The van der Waals surface area contributed by atoms with Crippen LogP contribution in [0.1, 0.15) is 53.4 Å². The summed E-state index contributed by atoms with van der Waals surface area (Å²) in [6.45, 7) is 10.2.